The van der Waals surface area contributed by atoms with Crippen molar-refractivity contribution in [3.8, 4) is 34.5 Å². The second kappa shape index (κ2) is 10.2. The Kier molecular flexibility index (Phi) is 6.89. The molecule has 0 aliphatic heterocycles. The molecule has 0 radical (unpaired) electrons. The van der Waals surface area contributed by atoms with Crippen LogP contribution in [0.1, 0.15) is 31.8 Å². The zero-order valence-electron chi connectivity index (χ0n) is 19.8. The predicted molar refractivity (Wildman–Crippen MR) is 135 cm³/mol. The average Bonchev–Trinajstić information content (AvgIpc) is 2.89. The van der Waals surface area contributed by atoms with Gasteiger partial charge in [0, 0.05) is 44.3 Å². The van der Waals surface area contributed by atoms with Crippen molar-refractivity contribution >= 4 is 38.1 Å². The highest BCUT2D eigenvalue weighted by molar-refractivity contribution is 7.96. The van der Waals surface area contributed by atoms with Crippen molar-refractivity contribution < 1.29 is 52.5 Å². The van der Waals surface area contributed by atoms with Crippen LogP contribution < -0.4 is 4.18 Å². The monoisotopic (exact) mass is 580 g/mol. The second-order valence-electron chi connectivity index (χ2n) is 7.98. The summed E-state index contributed by atoms with van der Waals surface area (Å²) in [7, 11) is -5.44. The van der Waals surface area contributed by atoms with Crippen molar-refractivity contribution in [2.75, 3.05) is 0 Å². The number of phenolic OH excluding ortho intramolecular Hbond substituents is 5. The van der Waals surface area contributed by atoms with Gasteiger partial charge in [-0.2, -0.15) is 8.42 Å². The van der Waals surface area contributed by atoms with Crippen molar-refractivity contribution in [1.82, 2.24) is 0 Å². The number of phenols is 5. The maximum atomic E-state index is 13.5. The average molecular weight is 580 g/mol. The Labute approximate surface area is 226 Å². The fraction of sp³-hybridized carbons (Fsp3) is 0. The van der Waals surface area contributed by atoms with Gasteiger partial charge >= 0.3 is 10.1 Å². The molecule has 0 saturated heterocycles. The zero-order chi connectivity index (χ0) is 30.2. The first-order valence-corrected chi connectivity index (χ1v) is 12.1. The quantitative estimate of drug-likeness (QED) is 0.0512. The van der Waals surface area contributed by atoms with E-state index in [1.807, 2.05) is 0 Å². The highest BCUT2D eigenvalue weighted by Gasteiger charge is 2.41. The van der Waals surface area contributed by atoms with Crippen molar-refractivity contribution in [1.29, 1.82) is 0 Å². The second-order valence-corrected chi connectivity index (χ2v) is 9.47. The number of ketones is 3. The summed E-state index contributed by atoms with van der Waals surface area (Å²) in [6.45, 7) is 0. The summed E-state index contributed by atoms with van der Waals surface area (Å²) in [4.78, 5) is 41.9. The molecule has 18 heteroatoms. The minimum absolute atomic E-state index is 0.493. The first kappa shape index (κ1) is 27.8. The summed E-state index contributed by atoms with van der Waals surface area (Å²) < 4.78 is 32.0. The van der Waals surface area contributed by atoms with Crippen LogP contribution in [-0.2, 0) is 14.9 Å². The van der Waals surface area contributed by atoms with Gasteiger partial charge in [-0.05, 0) is 23.2 Å². The molecule has 0 bridgehead atoms. The van der Waals surface area contributed by atoms with Crippen LogP contribution in [0.15, 0.2) is 58.4 Å². The molecule has 0 heterocycles. The number of Topliss-reactive ketones (excluding diaryl/α,β-unsaturated/α-hetero) is 2. The lowest BCUT2D eigenvalue weighted by atomic mass is 9.92. The van der Waals surface area contributed by atoms with E-state index in [0.717, 1.165) is 12.1 Å². The van der Waals surface area contributed by atoms with E-state index < -0.39 is 101 Å². The van der Waals surface area contributed by atoms with E-state index in [1.54, 1.807) is 0 Å². The van der Waals surface area contributed by atoms with Crippen LogP contribution in [0.25, 0.3) is 25.8 Å². The molecule has 17 nitrogen and oxygen atoms in total. The number of benzene rings is 3. The highest BCUT2D eigenvalue weighted by Crippen LogP contribution is 2.44. The van der Waals surface area contributed by atoms with Gasteiger partial charge in [0.1, 0.15) is 33.4 Å². The summed E-state index contributed by atoms with van der Waals surface area (Å²) >= 11 is 0. The number of rotatable bonds is 7. The fourth-order valence-electron chi connectivity index (χ4n) is 3.85. The van der Waals surface area contributed by atoms with Gasteiger partial charge in [0.2, 0.25) is 23.1 Å². The van der Waals surface area contributed by atoms with Crippen molar-refractivity contribution in [3.63, 3.8) is 0 Å². The molecule has 0 unspecified atom stereocenters. The van der Waals surface area contributed by atoms with Crippen LogP contribution in [-0.4, -0.2) is 51.3 Å². The Morgan fingerprint density at radius 3 is 2.10 bits per heavy atom. The summed E-state index contributed by atoms with van der Waals surface area (Å²) in [5.74, 6) is -10.00. The maximum Gasteiger partial charge on any atom is 0.340 e. The van der Waals surface area contributed by atoms with Crippen LogP contribution in [0, 0.1) is 0 Å². The van der Waals surface area contributed by atoms with Crippen LogP contribution in [0.3, 0.4) is 0 Å². The smallest absolute Gasteiger partial charge is 0.340 e. The molecule has 0 atom stereocenters. The fourth-order valence-corrected chi connectivity index (χ4v) is 5.13. The van der Waals surface area contributed by atoms with E-state index in [-0.39, 0.29) is 0 Å². The number of carbonyl (C=O) groups is 3. The zero-order valence-corrected chi connectivity index (χ0v) is 20.6. The lowest BCUT2D eigenvalue weighted by Gasteiger charge is -2.21. The topological polar surface area (TPSA) is 293 Å². The van der Waals surface area contributed by atoms with Gasteiger partial charge < -0.3 is 29.7 Å². The first-order chi connectivity index (χ1) is 19.3. The molecule has 4 rings (SSSR count). The van der Waals surface area contributed by atoms with Crippen LogP contribution in [0.5, 0.6) is 34.5 Å². The minimum Gasteiger partial charge on any atom is -0.508 e. The summed E-state index contributed by atoms with van der Waals surface area (Å²) in [5, 5.41) is 56.3. The third kappa shape index (κ3) is 4.75. The highest BCUT2D eigenvalue weighted by atomic mass is 32.2. The number of hydrogen-bond donors (Lipinski definition) is 5. The van der Waals surface area contributed by atoms with Crippen LogP contribution in [0.4, 0.5) is 5.69 Å². The van der Waals surface area contributed by atoms with Gasteiger partial charge in [0.15, 0.2) is 11.5 Å². The normalized spacial score (nSPS) is 12.7. The molecule has 1 aliphatic rings. The third-order valence-electron chi connectivity index (χ3n) is 5.52. The number of carbonyl (C=O) groups excluding carboxylic acids is 3. The number of nitrogens with zero attached hydrogens (tertiary/aromatic N) is 6. The molecule has 0 amide bonds. The number of azide groups is 2. The first-order valence-electron chi connectivity index (χ1n) is 10.7. The van der Waals surface area contributed by atoms with Crippen LogP contribution >= 0.6 is 0 Å². The van der Waals surface area contributed by atoms with E-state index in [1.165, 1.54) is 6.07 Å². The Bertz CT molecular complexity index is 1930. The number of fused-ring (bicyclic) bond motifs is 1. The summed E-state index contributed by atoms with van der Waals surface area (Å²) in [6.07, 6.45) is 0. The van der Waals surface area contributed by atoms with E-state index >= 15 is 0 Å². The molecular weight excluding hydrogens is 568 g/mol. The van der Waals surface area contributed by atoms with E-state index in [9.17, 15) is 48.3 Å². The summed E-state index contributed by atoms with van der Waals surface area (Å²) in [6, 6.07) is 5.89. The lowest BCUT2D eigenvalue weighted by Crippen LogP contribution is -2.27. The Hall–Kier alpha value is -6.22. The SMILES string of the molecule is [N-]=[N+]=NC1=C(S(=O)(=O)Oc2cc(C(=O)c3c(O)cc(O)cc3O)cc(O)c2O)c2c(N=[N+]=[N-])cccc2C(=O)C1=O. The van der Waals surface area contributed by atoms with Gasteiger partial charge in [-0.1, -0.05) is 28.4 Å². The Morgan fingerprint density at radius 1 is 0.854 bits per heavy atom. The standard InChI is InChI=1S/C23H12N6O11S/c24-28-26-11-3-1-2-10-16(11)23(18(27-29-25)22(37)20(10)35)41(38,39)40-15-5-8(4-14(33)21(15)36)19(34)17-12(31)6-9(30)7-13(17)32/h1-7,30-33,36H. The molecule has 0 aromatic heterocycles. The Morgan fingerprint density at radius 2 is 1.49 bits per heavy atom. The van der Waals surface area contributed by atoms with Gasteiger partial charge in [-0.3, -0.25) is 14.4 Å². The van der Waals surface area contributed by atoms with Crippen molar-refractivity contribution in [3.05, 3.63) is 91.3 Å². The number of hydrogen-bond acceptors (Lipinski definition) is 13. The maximum absolute atomic E-state index is 13.5. The van der Waals surface area contributed by atoms with Gasteiger partial charge in [-0.15, -0.1) is 0 Å². The molecule has 3 aromatic carbocycles. The molecule has 1 aliphatic carbocycles. The number of allylic oxidation sites excluding steroid dienone is 1. The van der Waals surface area contributed by atoms with Gasteiger partial charge in [0.25, 0.3) is 0 Å². The molecule has 41 heavy (non-hydrogen) atoms. The van der Waals surface area contributed by atoms with Crippen molar-refractivity contribution in [2.45, 2.75) is 0 Å². The molecule has 0 spiro atoms. The molecule has 0 saturated carbocycles. The van der Waals surface area contributed by atoms with E-state index in [0.29, 0.717) is 24.3 Å². The van der Waals surface area contributed by atoms with E-state index in [2.05, 4.69) is 20.1 Å². The summed E-state index contributed by atoms with van der Waals surface area (Å²) in [5.41, 5.74) is 13.4. The number of aromatic hydroxyl groups is 5. The predicted octanol–water partition coefficient (Wildman–Crippen LogP) is 3.54. The largest absolute Gasteiger partial charge is 0.508 e. The molecule has 3 aromatic rings. The molecule has 206 valence electrons. The van der Waals surface area contributed by atoms with Crippen molar-refractivity contribution in [2.24, 2.45) is 10.2 Å². The molecular formula is C23H12N6O11S. The molecule has 0 fully saturated rings. The van der Waals surface area contributed by atoms with Gasteiger partial charge in [0.05, 0.1) is 0 Å². The Balaban J connectivity index is 1.94. The van der Waals surface area contributed by atoms with E-state index in [4.69, 9.17) is 15.2 Å². The lowest BCUT2D eigenvalue weighted by molar-refractivity contribution is -0.111. The third-order valence-corrected chi connectivity index (χ3v) is 6.82. The molecule has 5 N–H and O–H groups in total. The van der Waals surface area contributed by atoms with Gasteiger partial charge in [-0.25, -0.2) is 0 Å². The van der Waals surface area contributed by atoms with Crippen LogP contribution in [0.2, 0.25) is 0 Å². The minimum atomic E-state index is -5.44.